The number of hydrogen-bond donors (Lipinski definition) is 2. The number of nitrogens with zero attached hydrogens (tertiary/aromatic N) is 3. The van der Waals surface area contributed by atoms with Gasteiger partial charge in [0.2, 0.25) is 5.13 Å². The van der Waals surface area contributed by atoms with E-state index in [1.807, 2.05) is 26.0 Å². The van der Waals surface area contributed by atoms with Crippen LogP contribution in [0.5, 0.6) is 11.5 Å². The van der Waals surface area contributed by atoms with Crippen molar-refractivity contribution < 1.29 is 24.5 Å². The second-order valence-electron chi connectivity index (χ2n) is 8.84. The van der Waals surface area contributed by atoms with Crippen LogP contribution in [0.3, 0.4) is 0 Å². The van der Waals surface area contributed by atoms with E-state index in [4.69, 9.17) is 4.74 Å². The molecule has 2 N–H and O–H groups in total. The predicted molar refractivity (Wildman–Crippen MR) is 151 cm³/mol. The van der Waals surface area contributed by atoms with Gasteiger partial charge in [-0.1, -0.05) is 65.1 Å². The molecule has 0 bridgehead atoms. The van der Waals surface area contributed by atoms with Crippen molar-refractivity contribution in [2.75, 3.05) is 11.5 Å². The summed E-state index contributed by atoms with van der Waals surface area (Å²) in [7, 11) is 0. The van der Waals surface area contributed by atoms with Gasteiger partial charge in [0.1, 0.15) is 17.3 Å². The summed E-state index contributed by atoms with van der Waals surface area (Å²) in [5.41, 5.74) is 3.13. The maximum absolute atomic E-state index is 13.4. The number of phenols is 1. The lowest BCUT2D eigenvalue weighted by atomic mass is 9.95. The highest BCUT2D eigenvalue weighted by atomic mass is 32.2. The highest BCUT2D eigenvalue weighted by Crippen LogP contribution is 2.44. The maximum Gasteiger partial charge on any atom is 0.301 e. The van der Waals surface area contributed by atoms with Gasteiger partial charge in [0.15, 0.2) is 4.34 Å². The Hall–Kier alpha value is -4.15. The normalized spacial score (nSPS) is 16.6. The van der Waals surface area contributed by atoms with Crippen molar-refractivity contribution in [3.05, 3.63) is 101 Å². The van der Waals surface area contributed by atoms with Crippen molar-refractivity contribution in [1.82, 2.24) is 10.2 Å². The zero-order chi connectivity index (χ0) is 27.5. The van der Waals surface area contributed by atoms with Gasteiger partial charge in [-0.2, -0.15) is 0 Å². The number of aliphatic hydroxyl groups excluding tert-OH is 1. The summed E-state index contributed by atoms with van der Waals surface area (Å²) in [4.78, 5) is 28.0. The molecular weight excluding hydrogens is 534 g/mol. The van der Waals surface area contributed by atoms with Crippen molar-refractivity contribution >= 4 is 45.7 Å². The van der Waals surface area contributed by atoms with Gasteiger partial charge in [-0.3, -0.25) is 14.5 Å². The highest BCUT2D eigenvalue weighted by Gasteiger charge is 2.48. The number of carbonyl (C=O) groups excluding carboxylic acids is 2. The van der Waals surface area contributed by atoms with Gasteiger partial charge in [-0.15, -0.1) is 10.2 Å². The number of thioether (sulfide) groups is 1. The molecule has 10 heteroatoms. The Balaban J connectivity index is 1.51. The lowest BCUT2D eigenvalue weighted by Crippen LogP contribution is -2.29. The van der Waals surface area contributed by atoms with Gasteiger partial charge in [0.25, 0.3) is 5.78 Å². The van der Waals surface area contributed by atoms with Crippen LogP contribution in [-0.2, 0) is 15.3 Å². The molecule has 1 saturated heterocycles. The molecule has 1 amide bonds. The van der Waals surface area contributed by atoms with E-state index in [9.17, 15) is 19.8 Å². The first kappa shape index (κ1) is 26.5. The number of anilines is 1. The molecule has 1 unspecified atom stereocenters. The highest BCUT2D eigenvalue weighted by molar-refractivity contribution is 8.00. The Morgan fingerprint density at radius 2 is 1.69 bits per heavy atom. The van der Waals surface area contributed by atoms with Crippen LogP contribution in [0.2, 0.25) is 0 Å². The SMILES string of the molecule is CCOc1ccc(/C(O)=C2/C(=O)C(=O)N(c3nnc(SCc4ccc(C)cc4)s3)C2c2ccc(O)cc2)cc1. The second-order valence-corrected chi connectivity index (χ2v) is 11.0. The fourth-order valence-corrected chi connectivity index (χ4v) is 6.04. The molecule has 4 aromatic rings. The van der Waals surface area contributed by atoms with Crippen molar-refractivity contribution in [2.24, 2.45) is 0 Å². The van der Waals surface area contributed by atoms with E-state index in [1.54, 1.807) is 36.4 Å². The summed E-state index contributed by atoms with van der Waals surface area (Å²) < 4.78 is 6.11. The van der Waals surface area contributed by atoms with Crippen LogP contribution < -0.4 is 9.64 Å². The monoisotopic (exact) mass is 559 g/mol. The number of ketones is 1. The summed E-state index contributed by atoms with van der Waals surface area (Å²) in [6, 6.07) is 20.0. The van der Waals surface area contributed by atoms with Crippen LogP contribution in [0.4, 0.5) is 5.13 Å². The number of hydrogen-bond acceptors (Lipinski definition) is 9. The molecule has 1 aliphatic rings. The zero-order valence-electron chi connectivity index (χ0n) is 21.2. The Labute approximate surface area is 233 Å². The Morgan fingerprint density at radius 1 is 1.00 bits per heavy atom. The number of rotatable bonds is 8. The number of carbonyl (C=O) groups is 2. The van der Waals surface area contributed by atoms with E-state index in [1.165, 1.54) is 45.7 Å². The minimum Gasteiger partial charge on any atom is -0.508 e. The fraction of sp³-hybridized carbons (Fsp3) is 0.172. The maximum atomic E-state index is 13.4. The number of aryl methyl sites for hydroxylation is 1. The van der Waals surface area contributed by atoms with Gasteiger partial charge in [0, 0.05) is 11.3 Å². The second kappa shape index (κ2) is 11.3. The minimum atomic E-state index is -0.958. The van der Waals surface area contributed by atoms with E-state index >= 15 is 0 Å². The van der Waals surface area contributed by atoms with E-state index in [0.29, 0.717) is 33.6 Å². The largest absolute Gasteiger partial charge is 0.508 e. The smallest absolute Gasteiger partial charge is 0.301 e. The summed E-state index contributed by atoms with van der Waals surface area (Å²) in [6.45, 7) is 4.39. The van der Waals surface area contributed by atoms with Crippen LogP contribution in [0.15, 0.2) is 82.7 Å². The van der Waals surface area contributed by atoms with Crippen LogP contribution >= 0.6 is 23.1 Å². The number of ether oxygens (including phenoxy) is 1. The molecule has 3 aromatic carbocycles. The average molecular weight is 560 g/mol. The van der Waals surface area contributed by atoms with Gasteiger partial charge >= 0.3 is 5.91 Å². The average Bonchev–Trinajstić information content (AvgIpc) is 3.51. The van der Waals surface area contributed by atoms with Crippen LogP contribution in [0.1, 0.15) is 35.2 Å². The summed E-state index contributed by atoms with van der Waals surface area (Å²) in [5.74, 6) is -0.625. The van der Waals surface area contributed by atoms with Crippen molar-refractivity contribution in [2.45, 2.75) is 30.0 Å². The minimum absolute atomic E-state index is 0.0351. The van der Waals surface area contributed by atoms with Gasteiger partial charge in [-0.25, -0.2) is 0 Å². The Kier molecular flexibility index (Phi) is 7.67. The summed E-state index contributed by atoms with van der Waals surface area (Å²) in [5, 5.41) is 29.8. The number of phenolic OH excluding ortho intramolecular Hbond substituents is 1. The Morgan fingerprint density at radius 3 is 2.36 bits per heavy atom. The van der Waals surface area contributed by atoms with Crippen LogP contribution in [0.25, 0.3) is 5.76 Å². The molecular formula is C29H25N3O5S2. The lowest BCUT2D eigenvalue weighted by Gasteiger charge is -2.22. The third-order valence-corrected chi connectivity index (χ3v) is 8.30. The van der Waals surface area contributed by atoms with Crippen molar-refractivity contribution in [3.63, 3.8) is 0 Å². The van der Waals surface area contributed by atoms with E-state index in [0.717, 1.165) is 5.56 Å². The molecule has 1 atom stereocenters. The van der Waals surface area contributed by atoms with Crippen molar-refractivity contribution in [1.29, 1.82) is 0 Å². The topological polar surface area (TPSA) is 113 Å². The molecule has 0 spiro atoms. The third kappa shape index (κ3) is 5.52. The lowest BCUT2D eigenvalue weighted by molar-refractivity contribution is -0.132. The number of amides is 1. The third-order valence-electron chi connectivity index (χ3n) is 6.18. The van der Waals surface area contributed by atoms with E-state index < -0.39 is 17.7 Å². The number of Topliss-reactive ketones (excluding diaryl/α,β-unsaturated/α-hetero) is 1. The van der Waals surface area contributed by atoms with Crippen molar-refractivity contribution in [3.8, 4) is 11.5 Å². The number of aromatic hydroxyl groups is 1. The summed E-state index contributed by atoms with van der Waals surface area (Å²) in [6.07, 6.45) is 0. The molecule has 5 rings (SSSR count). The van der Waals surface area contributed by atoms with Gasteiger partial charge in [0.05, 0.1) is 18.2 Å². The molecule has 1 aliphatic heterocycles. The number of aromatic nitrogens is 2. The predicted octanol–water partition coefficient (Wildman–Crippen LogP) is 5.87. The van der Waals surface area contributed by atoms with Crippen LogP contribution in [-0.4, -0.2) is 38.7 Å². The molecule has 2 heterocycles. The molecule has 0 saturated carbocycles. The molecule has 1 fully saturated rings. The first-order chi connectivity index (χ1) is 18.9. The molecule has 198 valence electrons. The molecule has 0 aliphatic carbocycles. The fourth-order valence-electron chi connectivity index (χ4n) is 4.22. The Bertz CT molecular complexity index is 1530. The molecule has 0 radical (unpaired) electrons. The quantitative estimate of drug-likeness (QED) is 0.0906. The van der Waals surface area contributed by atoms with E-state index in [-0.39, 0.29) is 22.2 Å². The zero-order valence-corrected chi connectivity index (χ0v) is 22.8. The van der Waals surface area contributed by atoms with E-state index in [2.05, 4.69) is 22.3 Å². The molecule has 8 nitrogen and oxygen atoms in total. The standard InChI is InChI=1S/C29H25N3O5S2/c1-3-37-22-14-10-20(11-15-22)25(34)23-24(19-8-12-21(33)13-9-19)32(27(36)26(23)35)28-30-31-29(39-28)38-16-18-6-4-17(2)5-7-18/h4-15,24,33-34H,3,16H2,1-2H3/b25-23-. The first-order valence-corrected chi connectivity index (χ1v) is 14.0. The number of aliphatic hydroxyl groups is 1. The summed E-state index contributed by atoms with van der Waals surface area (Å²) >= 11 is 2.69. The number of benzene rings is 3. The molecule has 39 heavy (non-hydrogen) atoms. The van der Waals surface area contributed by atoms with Gasteiger partial charge < -0.3 is 14.9 Å². The molecule has 1 aromatic heterocycles. The van der Waals surface area contributed by atoms with Crippen LogP contribution in [0, 0.1) is 6.92 Å². The first-order valence-electron chi connectivity index (χ1n) is 12.2. The van der Waals surface area contributed by atoms with Gasteiger partial charge in [-0.05, 0) is 61.4 Å².